The summed E-state index contributed by atoms with van der Waals surface area (Å²) in [6.07, 6.45) is 3.13. The maximum absolute atomic E-state index is 12.9. The Morgan fingerprint density at radius 1 is 1.27 bits per heavy atom. The van der Waals surface area contributed by atoms with Crippen LogP contribution >= 0.6 is 0 Å². The van der Waals surface area contributed by atoms with Gasteiger partial charge < -0.3 is 9.88 Å². The maximum Gasteiger partial charge on any atom is 0.289 e. The molecule has 1 saturated heterocycles. The van der Waals surface area contributed by atoms with Crippen molar-refractivity contribution in [3.8, 4) is 0 Å². The minimum absolute atomic E-state index is 0.393. The van der Waals surface area contributed by atoms with Gasteiger partial charge in [0.15, 0.2) is 11.5 Å². The molecular weight excluding hydrogens is 197 g/mol. The first-order valence-corrected chi connectivity index (χ1v) is 4.96. The van der Waals surface area contributed by atoms with Crippen molar-refractivity contribution in [3.63, 3.8) is 0 Å². The lowest BCUT2D eigenvalue weighted by Gasteiger charge is -2.15. The van der Waals surface area contributed by atoms with Crippen LogP contribution in [-0.2, 0) is 0 Å². The third kappa shape index (κ3) is 1.33. The average molecular weight is 207 g/mol. The van der Waals surface area contributed by atoms with Crippen molar-refractivity contribution in [2.24, 2.45) is 0 Å². The summed E-state index contributed by atoms with van der Waals surface area (Å²) >= 11 is 0. The van der Waals surface area contributed by atoms with E-state index in [2.05, 4.69) is 24.8 Å². The molecule has 15 heavy (non-hydrogen) atoms. The largest absolute Gasteiger partial charge is 0.355 e. The Balaban J connectivity index is 2.16. The lowest BCUT2D eigenvalue weighted by molar-refractivity contribution is 0.556. The lowest BCUT2D eigenvalue weighted by Crippen LogP contribution is -2.19. The van der Waals surface area contributed by atoms with Crippen molar-refractivity contribution in [2.45, 2.75) is 12.8 Å². The van der Waals surface area contributed by atoms with E-state index in [1.165, 1.54) is 6.33 Å². The van der Waals surface area contributed by atoms with Gasteiger partial charge in [0.1, 0.15) is 11.8 Å². The molecule has 1 N–H and O–H groups in total. The molecule has 0 unspecified atom stereocenters. The molecule has 0 aromatic carbocycles. The summed E-state index contributed by atoms with van der Waals surface area (Å²) in [5, 5.41) is 0. The SMILES string of the molecule is Fc1nc2ncnc(N3CCCC3)c2[nH]1. The van der Waals surface area contributed by atoms with Gasteiger partial charge in [0, 0.05) is 13.1 Å². The smallest absolute Gasteiger partial charge is 0.289 e. The fraction of sp³-hybridized carbons (Fsp3) is 0.444. The molecule has 3 heterocycles. The fourth-order valence-corrected chi connectivity index (χ4v) is 1.96. The molecule has 5 nitrogen and oxygen atoms in total. The molecule has 0 atom stereocenters. The highest BCUT2D eigenvalue weighted by Gasteiger charge is 2.18. The van der Waals surface area contributed by atoms with Gasteiger partial charge in [-0.2, -0.15) is 9.37 Å². The zero-order chi connectivity index (χ0) is 10.3. The molecule has 1 fully saturated rings. The van der Waals surface area contributed by atoms with Crippen LogP contribution in [0.2, 0.25) is 0 Å². The molecular formula is C9H10FN5. The predicted molar refractivity (Wildman–Crippen MR) is 53.1 cm³/mol. The van der Waals surface area contributed by atoms with Crippen molar-refractivity contribution in [1.82, 2.24) is 19.9 Å². The Bertz CT molecular complexity index is 488. The van der Waals surface area contributed by atoms with Gasteiger partial charge in [0.2, 0.25) is 0 Å². The summed E-state index contributed by atoms with van der Waals surface area (Å²) in [6.45, 7) is 1.93. The average Bonchev–Trinajstić information content (AvgIpc) is 2.82. The number of hydrogen-bond donors (Lipinski definition) is 1. The van der Waals surface area contributed by atoms with Crippen LogP contribution in [0.5, 0.6) is 0 Å². The molecule has 0 bridgehead atoms. The number of nitrogens with zero attached hydrogens (tertiary/aromatic N) is 4. The number of hydrogen-bond acceptors (Lipinski definition) is 4. The highest BCUT2D eigenvalue weighted by Crippen LogP contribution is 2.23. The third-order valence-corrected chi connectivity index (χ3v) is 2.65. The topological polar surface area (TPSA) is 57.7 Å². The minimum Gasteiger partial charge on any atom is -0.355 e. The molecule has 0 radical (unpaired) electrons. The number of imidazole rings is 1. The van der Waals surface area contributed by atoms with Crippen LogP contribution in [0, 0.1) is 6.08 Å². The molecule has 2 aromatic heterocycles. The van der Waals surface area contributed by atoms with E-state index < -0.39 is 6.08 Å². The van der Waals surface area contributed by atoms with Crippen LogP contribution in [-0.4, -0.2) is 33.0 Å². The summed E-state index contributed by atoms with van der Waals surface area (Å²) in [5.74, 6) is 0.758. The number of aromatic amines is 1. The standard InChI is InChI=1S/C9H10FN5/c10-9-13-6-7(14-9)11-5-12-8(6)15-3-1-2-4-15/h5H,1-4H2,(H,11,12,13,14). The number of anilines is 1. The van der Waals surface area contributed by atoms with E-state index in [4.69, 9.17) is 0 Å². The molecule has 6 heteroatoms. The molecule has 0 amide bonds. The van der Waals surface area contributed by atoms with Gasteiger partial charge >= 0.3 is 0 Å². The van der Waals surface area contributed by atoms with Crippen molar-refractivity contribution in [2.75, 3.05) is 18.0 Å². The molecule has 2 aromatic rings. The molecule has 3 rings (SSSR count). The van der Waals surface area contributed by atoms with Crippen LogP contribution in [0.1, 0.15) is 12.8 Å². The highest BCUT2D eigenvalue weighted by molar-refractivity contribution is 5.82. The summed E-state index contributed by atoms with van der Waals surface area (Å²) in [6, 6.07) is 0. The first-order chi connectivity index (χ1) is 7.34. The van der Waals surface area contributed by atoms with E-state index in [1.54, 1.807) is 0 Å². The normalized spacial score (nSPS) is 16.5. The third-order valence-electron chi connectivity index (χ3n) is 2.65. The Labute approximate surface area is 85.4 Å². The van der Waals surface area contributed by atoms with E-state index in [-0.39, 0.29) is 0 Å². The number of rotatable bonds is 1. The van der Waals surface area contributed by atoms with Crippen LogP contribution in [0.25, 0.3) is 11.2 Å². The van der Waals surface area contributed by atoms with E-state index in [1.807, 2.05) is 0 Å². The van der Waals surface area contributed by atoms with Crippen LogP contribution < -0.4 is 4.90 Å². The summed E-state index contributed by atoms with van der Waals surface area (Å²) in [5.41, 5.74) is 0.987. The number of halogens is 1. The monoisotopic (exact) mass is 207 g/mol. The molecule has 1 aliphatic rings. The van der Waals surface area contributed by atoms with Gasteiger partial charge in [-0.1, -0.05) is 0 Å². The molecule has 0 spiro atoms. The number of fused-ring (bicyclic) bond motifs is 1. The van der Waals surface area contributed by atoms with Gasteiger partial charge in [0.05, 0.1) is 0 Å². The van der Waals surface area contributed by atoms with E-state index in [0.29, 0.717) is 11.2 Å². The lowest BCUT2D eigenvalue weighted by atomic mass is 10.4. The van der Waals surface area contributed by atoms with Crippen molar-refractivity contribution in [3.05, 3.63) is 12.4 Å². The Hall–Kier alpha value is -1.72. The zero-order valence-corrected chi connectivity index (χ0v) is 8.07. The van der Waals surface area contributed by atoms with Crippen molar-refractivity contribution < 1.29 is 4.39 Å². The van der Waals surface area contributed by atoms with Gasteiger partial charge in [-0.3, -0.25) is 0 Å². The van der Waals surface area contributed by atoms with Crippen LogP contribution in [0.15, 0.2) is 6.33 Å². The number of nitrogens with one attached hydrogen (secondary N) is 1. The Kier molecular flexibility index (Phi) is 1.80. The van der Waals surface area contributed by atoms with E-state index >= 15 is 0 Å². The van der Waals surface area contributed by atoms with Gasteiger partial charge in [-0.25, -0.2) is 9.97 Å². The van der Waals surface area contributed by atoms with Crippen molar-refractivity contribution in [1.29, 1.82) is 0 Å². The highest BCUT2D eigenvalue weighted by atomic mass is 19.1. The molecule has 78 valence electrons. The second kappa shape index (κ2) is 3.15. The Morgan fingerprint density at radius 2 is 2.07 bits per heavy atom. The Morgan fingerprint density at radius 3 is 2.87 bits per heavy atom. The van der Waals surface area contributed by atoms with E-state index in [0.717, 1.165) is 31.7 Å². The van der Waals surface area contributed by atoms with E-state index in [9.17, 15) is 4.39 Å². The second-order valence-corrected chi connectivity index (χ2v) is 3.62. The fourth-order valence-electron chi connectivity index (χ4n) is 1.96. The number of aromatic nitrogens is 4. The second-order valence-electron chi connectivity index (χ2n) is 3.62. The van der Waals surface area contributed by atoms with Gasteiger partial charge in [-0.15, -0.1) is 0 Å². The zero-order valence-electron chi connectivity index (χ0n) is 8.07. The van der Waals surface area contributed by atoms with Crippen molar-refractivity contribution >= 4 is 17.0 Å². The summed E-state index contributed by atoms with van der Waals surface area (Å²) < 4.78 is 12.9. The van der Waals surface area contributed by atoms with Crippen LogP contribution in [0.3, 0.4) is 0 Å². The molecule has 0 aliphatic carbocycles. The van der Waals surface area contributed by atoms with Gasteiger partial charge in [0.25, 0.3) is 6.08 Å². The van der Waals surface area contributed by atoms with Crippen LogP contribution in [0.4, 0.5) is 10.2 Å². The molecule has 1 aliphatic heterocycles. The molecule has 0 saturated carbocycles. The summed E-state index contributed by atoms with van der Waals surface area (Å²) in [4.78, 5) is 16.4. The predicted octanol–water partition coefficient (Wildman–Crippen LogP) is 1.09. The number of H-pyrrole nitrogens is 1. The quantitative estimate of drug-likeness (QED) is 0.711. The van der Waals surface area contributed by atoms with Gasteiger partial charge in [-0.05, 0) is 12.8 Å². The first kappa shape index (κ1) is 8.58. The summed E-state index contributed by atoms with van der Waals surface area (Å²) in [7, 11) is 0. The first-order valence-electron chi connectivity index (χ1n) is 4.96. The maximum atomic E-state index is 12.9. The minimum atomic E-state index is -0.606.